The van der Waals surface area contributed by atoms with Crippen molar-refractivity contribution in [3.8, 4) is 0 Å². The van der Waals surface area contributed by atoms with Gasteiger partial charge in [-0.1, -0.05) is 42.0 Å². The smallest absolute Gasteiger partial charge is 0.227 e. The summed E-state index contributed by atoms with van der Waals surface area (Å²) in [4.78, 5) is 14.4. The molecule has 0 saturated carbocycles. The van der Waals surface area contributed by atoms with Gasteiger partial charge in [0, 0.05) is 19.8 Å². The predicted octanol–water partition coefficient (Wildman–Crippen LogP) is 2.91. The van der Waals surface area contributed by atoms with Gasteiger partial charge in [-0.15, -0.1) is 0 Å². The van der Waals surface area contributed by atoms with Crippen molar-refractivity contribution in [2.45, 2.75) is 31.7 Å². The fourth-order valence-electron chi connectivity index (χ4n) is 2.62. The third-order valence-corrected chi connectivity index (χ3v) is 5.25. The average molecular weight is 345 g/mol. The van der Waals surface area contributed by atoms with Gasteiger partial charge in [0.15, 0.2) is 9.84 Å². The summed E-state index contributed by atoms with van der Waals surface area (Å²) in [7, 11) is -1.60. The number of nitrogens with zero attached hydrogens (tertiary/aromatic N) is 1. The Bertz CT molecular complexity index is 857. The number of hydrogen-bond acceptors (Lipinski definition) is 3. The molecule has 2 rings (SSSR count). The van der Waals surface area contributed by atoms with Gasteiger partial charge in [0.05, 0.1) is 11.3 Å². The van der Waals surface area contributed by atoms with Gasteiger partial charge in [0.25, 0.3) is 0 Å². The van der Waals surface area contributed by atoms with E-state index in [9.17, 15) is 13.2 Å². The van der Waals surface area contributed by atoms with Crippen molar-refractivity contribution in [1.82, 2.24) is 4.90 Å². The molecule has 0 aliphatic rings. The van der Waals surface area contributed by atoms with E-state index >= 15 is 0 Å². The van der Waals surface area contributed by atoms with Gasteiger partial charge in [0.2, 0.25) is 5.91 Å². The third-order valence-electron chi connectivity index (χ3n) is 4.05. The van der Waals surface area contributed by atoms with Crippen LogP contribution in [0.4, 0.5) is 0 Å². The number of amides is 1. The van der Waals surface area contributed by atoms with Crippen molar-refractivity contribution in [2.24, 2.45) is 0 Å². The van der Waals surface area contributed by atoms with Crippen LogP contribution in [-0.2, 0) is 27.6 Å². The Hall–Kier alpha value is -2.14. The fraction of sp³-hybridized carbons (Fsp3) is 0.316. The minimum atomic E-state index is -3.35. The van der Waals surface area contributed by atoms with Crippen LogP contribution in [0.3, 0.4) is 0 Å². The van der Waals surface area contributed by atoms with Crippen molar-refractivity contribution in [3.63, 3.8) is 0 Å². The van der Waals surface area contributed by atoms with Crippen LogP contribution in [0, 0.1) is 13.8 Å². The Balaban J connectivity index is 2.17. The lowest BCUT2D eigenvalue weighted by atomic mass is 10.0. The summed E-state index contributed by atoms with van der Waals surface area (Å²) in [5.41, 5.74) is 3.93. The lowest BCUT2D eigenvalue weighted by molar-refractivity contribution is -0.129. The summed E-state index contributed by atoms with van der Waals surface area (Å²) >= 11 is 0. The second-order valence-corrected chi connectivity index (χ2v) is 8.22. The molecular weight excluding hydrogens is 322 g/mol. The monoisotopic (exact) mass is 345 g/mol. The topological polar surface area (TPSA) is 54.5 Å². The fourth-order valence-corrected chi connectivity index (χ4v) is 3.57. The highest BCUT2D eigenvalue weighted by Gasteiger charge is 2.17. The number of sulfone groups is 1. The van der Waals surface area contributed by atoms with Crippen LogP contribution >= 0.6 is 0 Å². The van der Waals surface area contributed by atoms with Gasteiger partial charge in [-0.3, -0.25) is 4.79 Å². The van der Waals surface area contributed by atoms with E-state index in [1.54, 1.807) is 36.2 Å². The number of carbonyl (C=O) groups excluding carboxylic acids is 1. The number of hydrogen-bond donors (Lipinski definition) is 0. The molecule has 0 heterocycles. The van der Waals surface area contributed by atoms with E-state index in [4.69, 9.17) is 0 Å². The van der Waals surface area contributed by atoms with Crippen LogP contribution in [0.25, 0.3) is 0 Å². The Morgan fingerprint density at radius 2 is 1.71 bits per heavy atom. The van der Waals surface area contributed by atoms with E-state index < -0.39 is 9.84 Å². The molecule has 0 spiro atoms. The summed E-state index contributed by atoms with van der Waals surface area (Å²) in [6, 6.07) is 12.8. The molecule has 0 bridgehead atoms. The van der Waals surface area contributed by atoms with Crippen LogP contribution in [0.1, 0.15) is 22.3 Å². The summed E-state index contributed by atoms with van der Waals surface area (Å²) in [5.74, 6) is -0.105. The van der Waals surface area contributed by atoms with E-state index in [0.29, 0.717) is 12.1 Å². The van der Waals surface area contributed by atoms with Crippen LogP contribution < -0.4 is 0 Å². The van der Waals surface area contributed by atoms with E-state index in [1.807, 2.05) is 26.0 Å². The SMILES string of the molecule is Cc1ccc(C)c(CN(C)C(=O)Cc2ccccc2S(C)(=O)=O)c1. The second kappa shape index (κ2) is 7.18. The highest BCUT2D eigenvalue weighted by molar-refractivity contribution is 7.90. The summed E-state index contributed by atoms with van der Waals surface area (Å²) < 4.78 is 23.7. The molecule has 24 heavy (non-hydrogen) atoms. The molecule has 0 N–H and O–H groups in total. The predicted molar refractivity (Wildman–Crippen MR) is 95.6 cm³/mol. The lowest BCUT2D eigenvalue weighted by Crippen LogP contribution is -2.28. The highest BCUT2D eigenvalue weighted by atomic mass is 32.2. The molecule has 2 aromatic rings. The Morgan fingerprint density at radius 3 is 2.38 bits per heavy atom. The van der Waals surface area contributed by atoms with Gasteiger partial charge >= 0.3 is 0 Å². The standard InChI is InChI=1S/C19H23NO3S/c1-14-9-10-15(2)17(11-14)13-20(3)19(21)12-16-7-5-6-8-18(16)24(4,22)23/h5-11H,12-13H2,1-4H3. The van der Waals surface area contributed by atoms with E-state index in [-0.39, 0.29) is 17.2 Å². The third kappa shape index (κ3) is 4.45. The first-order valence-electron chi connectivity index (χ1n) is 7.76. The van der Waals surface area contributed by atoms with Gasteiger partial charge in [-0.25, -0.2) is 8.42 Å². The molecule has 5 heteroatoms. The number of carbonyl (C=O) groups is 1. The summed E-state index contributed by atoms with van der Waals surface area (Å²) in [6.45, 7) is 4.55. The van der Waals surface area contributed by atoms with Crippen LogP contribution in [0.5, 0.6) is 0 Å². The number of rotatable bonds is 5. The van der Waals surface area contributed by atoms with Crippen molar-refractivity contribution < 1.29 is 13.2 Å². The van der Waals surface area contributed by atoms with Crippen LogP contribution in [0.15, 0.2) is 47.4 Å². The number of aryl methyl sites for hydroxylation is 2. The molecule has 0 aliphatic carbocycles. The quantitative estimate of drug-likeness (QED) is 0.837. The summed E-state index contributed by atoms with van der Waals surface area (Å²) in [6.07, 6.45) is 1.24. The lowest BCUT2D eigenvalue weighted by Gasteiger charge is -2.19. The zero-order valence-corrected chi connectivity index (χ0v) is 15.4. The van der Waals surface area contributed by atoms with Crippen molar-refractivity contribution in [1.29, 1.82) is 0 Å². The second-order valence-electron chi connectivity index (χ2n) is 6.24. The first kappa shape index (κ1) is 18.2. The van der Waals surface area contributed by atoms with Gasteiger partial charge in [-0.05, 0) is 36.6 Å². The number of likely N-dealkylation sites (N-methyl/N-ethyl adjacent to an activating group) is 1. The van der Waals surface area contributed by atoms with Crippen molar-refractivity contribution >= 4 is 15.7 Å². The zero-order valence-electron chi connectivity index (χ0n) is 14.5. The molecule has 0 radical (unpaired) electrons. The first-order chi connectivity index (χ1) is 11.2. The molecule has 1 amide bonds. The number of benzene rings is 2. The maximum absolute atomic E-state index is 12.5. The highest BCUT2D eigenvalue weighted by Crippen LogP contribution is 2.18. The minimum Gasteiger partial charge on any atom is -0.341 e. The van der Waals surface area contributed by atoms with Gasteiger partial charge in [-0.2, -0.15) is 0 Å². The van der Waals surface area contributed by atoms with E-state index in [1.165, 1.54) is 0 Å². The molecule has 0 aliphatic heterocycles. The summed E-state index contributed by atoms with van der Waals surface area (Å²) in [5, 5.41) is 0. The Kier molecular flexibility index (Phi) is 5.44. The molecular formula is C19H23NO3S. The van der Waals surface area contributed by atoms with Gasteiger partial charge in [0.1, 0.15) is 0 Å². The first-order valence-corrected chi connectivity index (χ1v) is 9.65. The van der Waals surface area contributed by atoms with Gasteiger partial charge < -0.3 is 4.90 Å². The molecule has 2 aromatic carbocycles. The molecule has 0 fully saturated rings. The molecule has 128 valence electrons. The normalized spacial score (nSPS) is 11.3. The maximum atomic E-state index is 12.5. The van der Waals surface area contributed by atoms with E-state index in [0.717, 1.165) is 22.9 Å². The maximum Gasteiger partial charge on any atom is 0.227 e. The van der Waals surface area contributed by atoms with Crippen molar-refractivity contribution in [2.75, 3.05) is 13.3 Å². The van der Waals surface area contributed by atoms with Crippen molar-refractivity contribution in [3.05, 3.63) is 64.7 Å². The van der Waals surface area contributed by atoms with E-state index in [2.05, 4.69) is 6.07 Å². The Labute approximate surface area is 144 Å². The zero-order chi connectivity index (χ0) is 17.9. The largest absolute Gasteiger partial charge is 0.341 e. The molecule has 0 aromatic heterocycles. The molecule has 0 atom stereocenters. The van der Waals surface area contributed by atoms with Crippen LogP contribution in [0.2, 0.25) is 0 Å². The molecule has 4 nitrogen and oxygen atoms in total. The Morgan fingerprint density at radius 1 is 1.04 bits per heavy atom. The average Bonchev–Trinajstić information content (AvgIpc) is 2.50. The molecule has 0 saturated heterocycles. The van der Waals surface area contributed by atoms with Crippen LogP contribution in [-0.4, -0.2) is 32.5 Å². The molecule has 0 unspecified atom stereocenters. The minimum absolute atomic E-state index is 0.0740.